The second-order valence-electron chi connectivity index (χ2n) is 8.96. The van der Waals surface area contributed by atoms with Crippen molar-refractivity contribution < 1.29 is 9.47 Å². The zero-order valence-electron chi connectivity index (χ0n) is 16.2. The third kappa shape index (κ3) is 2.32. The van der Waals surface area contributed by atoms with Gasteiger partial charge in [-0.1, -0.05) is 80.3 Å². The predicted octanol–water partition coefficient (Wildman–Crippen LogP) is 4.78. The average Bonchev–Trinajstić information content (AvgIpc) is 3.22. The first-order valence-electron chi connectivity index (χ1n) is 9.27. The lowest BCUT2D eigenvalue weighted by molar-refractivity contribution is 0.258. The summed E-state index contributed by atoms with van der Waals surface area (Å²) >= 11 is 0. The molecule has 0 bridgehead atoms. The zero-order chi connectivity index (χ0) is 18.6. The first-order chi connectivity index (χ1) is 12.2. The van der Waals surface area contributed by atoms with Gasteiger partial charge in [0.05, 0.1) is 13.6 Å². The van der Waals surface area contributed by atoms with Gasteiger partial charge >= 0.3 is 0 Å². The lowest BCUT2D eigenvalue weighted by Gasteiger charge is -2.30. The molecule has 0 amide bonds. The van der Waals surface area contributed by atoms with E-state index in [1.807, 2.05) is 12.1 Å². The molecule has 2 heterocycles. The van der Waals surface area contributed by atoms with Gasteiger partial charge in [-0.25, -0.2) is 4.99 Å². The van der Waals surface area contributed by atoms with E-state index in [2.05, 4.69) is 82.0 Å². The minimum Gasteiger partial charge on any atom is -0.476 e. The van der Waals surface area contributed by atoms with Crippen LogP contribution in [0.25, 0.3) is 0 Å². The second kappa shape index (κ2) is 5.54. The summed E-state index contributed by atoms with van der Waals surface area (Å²) in [5.41, 5.74) is 1.61. The number of hydrogen-bond donors (Lipinski definition) is 0. The van der Waals surface area contributed by atoms with Crippen LogP contribution >= 0.6 is 0 Å². The Labute approximate surface area is 157 Å². The highest BCUT2D eigenvalue weighted by molar-refractivity contribution is 6.83. The standard InChI is InChI=1S/C22H27NO2Si/c1-20(2)16-24-19(23-20)22(26(3,4)5)21(25-22,17-12-8-6-9-13-17)18-14-10-7-11-15-18/h6-15H,16H2,1-5H3/t22-/m1/s1. The van der Waals surface area contributed by atoms with E-state index in [0.29, 0.717) is 6.61 Å². The van der Waals surface area contributed by atoms with Gasteiger partial charge < -0.3 is 9.47 Å². The Morgan fingerprint density at radius 2 is 1.35 bits per heavy atom. The van der Waals surface area contributed by atoms with Crippen molar-refractivity contribution in [1.82, 2.24) is 0 Å². The van der Waals surface area contributed by atoms with Crippen LogP contribution in [0, 0.1) is 0 Å². The third-order valence-corrected chi connectivity index (χ3v) is 8.22. The molecule has 1 fully saturated rings. The fraction of sp³-hybridized carbons (Fsp3) is 0.409. The molecule has 1 atom stereocenters. The number of aliphatic imine (C=N–C) groups is 1. The summed E-state index contributed by atoms with van der Waals surface area (Å²) < 4.78 is 13.0. The minimum absolute atomic E-state index is 0.201. The molecule has 26 heavy (non-hydrogen) atoms. The van der Waals surface area contributed by atoms with E-state index in [9.17, 15) is 0 Å². The number of epoxide rings is 1. The minimum atomic E-state index is -1.88. The van der Waals surface area contributed by atoms with Gasteiger partial charge in [-0.2, -0.15) is 0 Å². The second-order valence-corrected chi connectivity index (χ2v) is 14.2. The molecule has 3 nitrogen and oxygen atoms in total. The third-order valence-electron chi connectivity index (χ3n) is 5.44. The van der Waals surface area contributed by atoms with Crippen molar-refractivity contribution in [2.24, 2.45) is 4.99 Å². The van der Waals surface area contributed by atoms with Crippen LogP contribution in [0.5, 0.6) is 0 Å². The number of benzene rings is 2. The molecule has 2 aliphatic heterocycles. The van der Waals surface area contributed by atoms with Crippen molar-refractivity contribution >= 4 is 14.0 Å². The summed E-state index contributed by atoms with van der Waals surface area (Å²) in [5, 5.41) is -0.490. The number of ether oxygens (including phenoxy) is 2. The number of rotatable bonds is 4. The van der Waals surface area contributed by atoms with Crippen molar-refractivity contribution in [1.29, 1.82) is 0 Å². The quantitative estimate of drug-likeness (QED) is 0.577. The Hall–Kier alpha value is -1.91. The molecule has 0 radical (unpaired) electrons. The van der Waals surface area contributed by atoms with Crippen LogP contribution in [0.4, 0.5) is 0 Å². The maximum Gasteiger partial charge on any atom is 0.217 e. The summed E-state index contributed by atoms with van der Waals surface area (Å²) in [7, 11) is -1.88. The predicted molar refractivity (Wildman–Crippen MR) is 108 cm³/mol. The first-order valence-corrected chi connectivity index (χ1v) is 12.8. The maximum absolute atomic E-state index is 6.81. The molecule has 0 unspecified atom stereocenters. The van der Waals surface area contributed by atoms with E-state index in [4.69, 9.17) is 14.5 Å². The van der Waals surface area contributed by atoms with Gasteiger partial charge in [0, 0.05) is 0 Å². The fourth-order valence-corrected chi connectivity index (χ4v) is 6.78. The van der Waals surface area contributed by atoms with Gasteiger partial charge in [-0.3, -0.25) is 0 Å². The highest BCUT2D eigenvalue weighted by Gasteiger charge is 2.81. The molecule has 2 aromatic carbocycles. The monoisotopic (exact) mass is 365 g/mol. The summed E-state index contributed by atoms with van der Waals surface area (Å²) in [5.74, 6) is 0.786. The molecule has 0 aliphatic carbocycles. The molecule has 2 aromatic rings. The van der Waals surface area contributed by atoms with Gasteiger partial charge in [0.25, 0.3) is 0 Å². The number of nitrogens with zero attached hydrogens (tertiary/aromatic N) is 1. The SMILES string of the molecule is CC1(C)COC([C@]2([Si](C)(C)C)OC2(c2ccccc2)c2ccccc2)=N1. The first kappa shape index (κ1) is 17.5. The molecule has 2 aliphatic rings. The Morgan fingerprint density at radius 1 is 0.846 bits per heavy atom. The van der Waals surface area contributed by atoms with Crippen LogP contribution in [-0.4, -0.2) is 31.3 Å². The van der Waals surface area contributed by atoms with Gasteiger partial charge in [-0.05, 0) is 25.0 Å². The molecule has 0 aromatic heterocycles. The maximum atomic E-state index is 6.81. The molecule has 4 heteroatoms. The largest absolute Gasteiger partial charge is 0.476 e. The molecular formula is C22H27NO2Si. The summed E-state index contributed by atoms with van der Waals surface area (Å²) in [6.07, 6.45) is 0. The van der Waals surface area contributed by atoms with Crippen LogP contribution < -0.4 is 0 Å². The van der Waals surface area contributed by atoms with Crippen molar-refractivity contribution in [3.8, 4) is 0 Å². The van der Waals surface area contributed by atoms with E-state index in [1.54, 1.807) is 0 Å². The molecule has 0 spiro atoms. The van der Waals surface area contributed by atoms with Crippen LogP contribution in [0.3, 0.4) is 0 Å². The van der Waals surface area contributed by atoms with E-state index in [1.165, 1.54) is 11.1 Å². The fourth-order valence-electron chi connectivity index (χ4n) is 4.20. The van der Waals surface area contributed by atoms with Crippen molar-refractivity contribution in [3.05, 3.63) is 71.8 Å². The smallest absolute Gasteiger partial charge is 0.217 e. The topological polar surface area (TPSA) is 34.1 Å². The molecular weight excluding hydrogens is 338 g/mol. The molecule has 0 saturated carbocycles. The number of hydrogen-bond acceptors (Lipinski definition) is 3. The van der Waals surface area contributed by atoms with Crippen LogP contribution in [-0.2, 0) is 15.1 Å². The molecule has 0 N–H and O–H groups in total. The zero-order valence-corrected chi connectivity index (χ0v) is 17.2. The van der Waals surface area contributed by atoms with Crippen LogP contribution in [0.15, 0.2) is 65.7 Å². The lowest BCUT2D eigenvalue weighted by Crippen LogP contribution is -2.53. The normalized spacial score (nSPS) is 26.1. The molecule has 136 valence electrons. The Balaban J connectivity index is 1.96. The van der Waals surface area contributed by atoms with E-state index in [-0.39, 0.29) is 5.54 Å². The Kier molecular flexibility index (Phi) is 3.73. The van der Waals surface area contributed by atoms with E-state index < -0.39 is 18.9 Å². The molecule has 4 rings (SSSR count). The Morgan fingerprint density at radius 3 is 1.73 bits per heavy atom. The molecule has 1 saturated heterocycles. The van der Waals surface area contributed by atoms with E-state index in [0.717, 1.165) is 5.90 Å². The summed E-state index contributed by atoms with van der Waals surface area (Å²) in [4.78, 5) is 4.97. The highest BCUT2D eigenvalue weighted by atomic mass is 28.3. The van der Waals surface area contributed by atoms with Crippen molar-refractivity contribution in [2.45, 2.75) is 49.9 Å². The lowest BCUT2D eigenvalue weighted by atomic mass is 9.87. The average molecular weight is 366 g/mol. The van der Waals surface area contributed by atoms with Gasteiger partial charge in [0.15, 0.2) is 10.8 Å². The van der Waals surface area contributed by atoms with Gasteiger partial charge in [-0.15, -0.1) is 0 Å². The van der Waals surface area contributed by atoms with Crippen LogP contribution in [0.2, 0.25) is 19.6 Å². The van der Waals surface area contributed by atoms with Crippen molar-refractivity contribution in [2.75, 3.05) is 6.61 Å². The summed E-state index contributed by atoms with van der Waals surface area (Å²) in [6, 6.07) is 21.1. The van der Waals surface area contributed by atoms with Gasteiger partial charge in [0.1, 0.15) is 6.61 Å². The Bertz CT molecular complexity index is 800. The van der Waals surface area contributed by atoms with Gasteiger partial charge in [0.2, 0.25) is 5.90 Å². The van der Waals surface area contributed by atoms with Crippen molar-refractivity contribution in [3.63, 3.8) is 0 Å². The van der Waals surface area contributed by atoms with Crippen LogP contribution in [0.1, 0.15) is 25.0 Å². The highest BCUT2D eigenvalue weighted by Crippen LogP contribution is 2.65. The van der Waals surface area contributed by atoms with E-state index >= 15 is 0 Å². The summed E-state index contributed by atoms with van der Waals surface area (Å²) in [6.45, 7) is 11.9.